The molecule has 3 N–H and O–H groups in total. The molecule has 24 heteroatoms. The smallest absolute Gasteiger partial charge is 0.406 e. The van der Waals surface area contributed by atoms with Crippen LogP contribution in [0, 0.1) is 11.3 Å². The van der Waals surface area contributed by atoms with Crippen molar-refractivity contribution in [2.24, 2.45) is 0 Å². The summed E-state index contributed by atoms with van der Waals surface area (Å²) in [5.74, 6) is 0. The van der Waals surface area contributed by atoms with Crippen molar-refractivity contribution in [1.29, 1.82) is 5.26 Å². The van der Waals surface area contributed by atoms with Gasteiger partial charge in [-0.3, -0.25) is 37.7 Å². The van der Waals surface area contributed by atoms with Gasteiger partial charge in [-0.2, -0.15) is 5.26 Å². The molecule has 69 heavy (non-hydrogen) atoms. The molecule has 2 aromatic heterocycles. The molecule has 0 aliphatic carbocycles. The lowest BCUT2D eigenvalue weighted by Gasteiger charge is -2.44. The van der Waals surface area contributed by atoms with Crippen LogP contribution in [-0.2, 0) is 40.8 Å². The fraction of sp³-hybridized carbons (Fsp3) is 0.800. The zero-order valence-corrected chi connectivity index (χ0v) is 49.7. The standard InChI is InChI=1S/C45H83N6O13PSi4/c1-42(2,3)66(13,14)59-29-30-34(36(63-68(17,18)44(7,8)9)38(60-30)50-25-22-32(52)47-40(50)54)49-65(56,57-27-21-24-46)58-28-31-35(62-67(15,16)43(4,5)6)37(64-69(19,20)45(10,11)12)39(61-31)51-26-23-33(53)48-41(51)55/h22-23,25-26,30-31,34-39H,21,27-29H2,1-20H3,(H,49,56)(H,47,52,54)(H,48,53,55)/t30-,31-,34-,35-,36-,37-,38-,39-,65?/m1/s1. The van der Waals surface area contributed by atoms with Crippen molar-refractivity contribution in [3.8, 4) is 6.07 Å². The molecule has 1 unspecified atom stereocenters. The number of rotatable bonds is 19. The minimum absolute atomic E-state index is 0.00540. The lowest BCUT2D eigenvalue weighted by atomic mass is 10.1. The van der Waals surface area contributed by atoms with E-state index in [9.17, 15) is 24.4 Å². The number of nitrogens with zero attached hydrogens (tertiary/aromatic N) is 3. The van der Waals surface area contributed by atoms with E-state index in [0.717, 1.165) is 0 Å². The summed E-state index contributed by atoms with van der Waals surface area (Å²) >= 11 is 0. The first-order valence-electron chi connectivity index (χ1n) is 23.8. The Hall–Kier alpha value is -2.41. The van der Waals surface area contributed by atoms with Crippen LogP contribution in [-0.4, -0.2) is 109 Å². The van der Waals surface area contributed by atoms with Gasteiger partial charge in [0.25, 0.3) is 11.1 Å². The highest BCUT2D eigenvalue weighted by molar-refractivity contribution is 7.51. The second-order valence-corrected chi connectivity index (χ2v) is 45.3. The van der Waals surface area contributed by atoms with Crippen molar-refractivity contribution in [2.75, 3.05) is 19.8 Å². The van der Waals surface area contributed by atoms with Gasteiger partial charge in [-0.25, -0.2) is 19.2 Å². The number of H-pyrrole nitrogens is 2. The van der Waals surface area contributed by atoms with Gasteiger partial charge in [0.1, 0.15) is 30.5 Å². The first-order valence-corrected chi connectivity index (χ1v) is 37.0. The molecule has 2 saturated heterocycles. The number of aromatic amines is 2. The summed E-state index contributed by atoms with van der Waals surface area (Å²) in [7, 11) is -15.2. The van der Waals surface area contributed by atoms with E-state index in [1.54, 1.807) is 0 Å². The summed E-state index contributed by atoms with van der Waals surface area (Å²) in [6, 6.07) is 3.45. The van der Waals surface area contributed by atoms with Crippen molar-refractivity contribution >= 4 is 41.0 Å². The molecule has 9 atom stereocenters. The number of ether oxygens (including phenoxy) is 2. The molecule has 0 amide bonds. The van der Waals surface area contributed by atoms with Crippen molar-refractivity contribution in [2.45, 2.75) is 211 Å². The van der Waals surface area contributed by atoms with Gasteiger partial charge < -0.3 is 27.2 Å². The van der Waals surface area contributed by atoms with E-state index in [2.05, 4.69) is 137 Å². The molecule has 0 bridgehead atoms. The van der Waals surface area contributed by atoms with E-state index in [1.165, 1.54) is 33.7 Å². The van der Waals surface area contributed by atoms with Crippen LogP contribution in [0.2, 0.25) is 72.5 Å². The Bertz CT molecular complexity index is 2420. The summed E-state index contributed by atoms with van der Waals surface area (Å²) in [5.41, 5.74) is -2.63. The van der Waals surface area contributed by atoms with E-state index in [1.807, 2.05) is 19.2 Å². The third-order valence-electron chi connectivity index (χ3n) is 15.2. The van der Waals surface area contributed by atoms with E-state index < -0.39 is 119 Å². The number of hydrogen-bond donors (Lipinski definition) is 3. The highest BCUT2D eigenvalue weighted by Gasteiger charge is 2.57. The normalized spacial score (nSPS) is 25.4. The van der Waals surface area contributed by atoms with E-state index in [-0.39, 0.29) is 39.8 Å². The largest absolute Gasteiger partial charge is 0.414 e. The van der Waals surface area contributed by atoms with Crippen LogP contribution in [0.4, 0.5) is 0 Å². The lowest BCUT2D eigenvalue weighted by molar-refractivity contribution is -0.0517. The van der Waals surface area contributed by atoms with E-state index in [0.29, 0.717) is 0 Å². The molecular formula is C45H83N6O13PSi4. The summed E-state index contributed by atoms with van der Waals surface area (Å²) in [4.78, 5) is 56.4. The third-order valence-corrected chi connectivity index (χ3v) is 34.8. The van der Waals surface area contributed by atoms with Crippen molar-refractivity contribution in [1.82, 2.24) is 24.2 Å². The minimum Gasteiger partial charge on any atom is -0.414 e. The van der Waals surface area contributed by atoms with Crippen LogP contribution in [0.5, 0.6) is 0 Å². The Morgan fingerprint density at radius 1 is 0.623 bits per heavy atom. The summed E-state index contributed by atoms with van der Waals surface area (Å²) < 4.78 is 72.6. The number of hydrogen-bond acceptors (Lipinski definition) is 14. The van der Waals surface area contributed by atoms with Gasteiger partial charge in [-0.1, -0.05) is 83.1 Å². The zero-order chi connectivity index (χ0) is 52.7. The first-order chi connectivity index (χ1) is 31.2. The van der Waals surface area contributed by atoms with Gasteiger partial charge in [0.05, 0.1) is 38.4 Å². The summed E-state index contributed by atoms with van der Waals surface area (Å²) in [6.07, 6.45) is -4.47. The van der Waals surface area contributed by atoms with Crippen molar-refractivity contribution in [3.63, 3.8) is 0 Å². The van der Waals surface area contributed by atoms with Gasteiger partial charge in [-0.15, -0.1) is 0 Å². The second kappa shape index (κ2) is 21.2. The Morgan fingerprint density at radius 3 is 1.45 bits per heavy atom. The quantitative estimate of drug-likeness (QED) is 0.0685. The molecule has 392 valence electrons. The molecule has 0 spiro atoms. The van der Waals surface area contributed by atoms with Crippen LogP contribution < -0.4 is 27.6 Å². The minimum atomic E-state index is -4.58. The Balaban J connectivity index is 1.91. The first kappa shape index (κ1) is 59.2. The van der Waals surface area contributed by atoms with Crippen LogP contribution in [0.3, 0.4) is 0 Å². The van der Waals surface area contributed by atoms with E-state index >= 15 is 4.57 Å². The van der Waals surface area contributed by atoms with Crippen LogP contribution in [0.1, 0.15) is 102 Å². The Labute approximate surface area is 412 Å². The SMILES string of the molecule is CC(C)(C)[Si](C)(C)OC[C@H]1O[C@@H](n2ccc(=O)[nH]c2=O)[C@H](O[Si](C)(C)C(C)(C)C)[C@@H]1NP(=O)(OCCC#N)OC[C@H]1O[C@@H](n2ccc(=O)[nH]c2=O)[C@H](O[Si](C)(C)C(C)(C)C)[C@@H]1O[Si](C)(C)C(C)(C)C. The Morgan fingerprint density at radius 2 is 1.03 bits per heavy atom. The fourth-order valence-electron chi connectivity index (χ4n) is 6.71. The molecule has 0 saturated carbocycles. The van der Waals surface area contributed by atoms with Crippen molar-refractivity contribution in [3.05, 3.63) is 66.2 Å². The maximum atomic E-state index is 15.7. The molecule has 0 radical (unpaired) electrons. The third kappa shape index (κ3) is 14.0. The molecule has 4 heterocycles. The highest BCUT2D eigenvalue weighted by atomic mass is 31.2. The predicted molar refractivity (Wildman–Crippen MR) is 276 cm³/mol. The fourth-order valence-corrected chi connectivity index (χ4v) is 13.2. The van der Waals surface area contributed by atoms with Gasteiger partial charge >= 0.3 is 19.1 Å². The molecule has 2 aliphatic rings. The summed E-state index contributed by atoms with van der Waals surface area (Å²) in [5, 5.41) is 11.7. The highest BCUT2D eigenvalue weighted by Crippen LogP contribution is 2.51. The van der Waals surface area contributed by atoms with Gasteiger partial charge in [0.2, 0.25) is 0 Å². The molecule has 4 rings (SSSR count). The predicted octanol–water partition coefficient (Wildman–Crippen LogP) is 8.09. The van der Waals surface area contributed by atoms with Gasteiger partial charge in [0, 0.05) is 24.5 Å². The molecule has 0 aromatic carbocycles. The van der Waals surface area contributed by atoms with Gasteiger partial charge in [-0.05, 0) is 72.5 Å². The average Bonchev–Trinajstić information content (AvgIpc) is 3.66. The second-order valence-electron chi connectivity index (χ2n) is 24.5. The molecule has 2 aliphatic heterocycles. The lowest BCUT2D eigenvalue weighted by Crippen LogP contribution is -2.54. The maximum absolute atomic E-state index is 15.7. The zero-order valence-electron chi connectivity index (χ0n) is 44.9. The van der Waals surface area contributed by atoms with Crippen molar-refractivity contribution < 1.29 is 40.8 Å². The Kier molecular flexibility index (Phi) is 18.2. The average molecular weight is 1060 g/mol. The molecule has 2 fully saturated rings. The van der Waals surface area contributed by atoms with Crippen LogP contribution in [0.25, 0.3) is 0 Å². The topological polar surface area (TPSA) is 236 Å². The molecular weight excluding hydrogens is 976 g/mol. The number of nitrogens with one attached hydrogen (secondary N) is 3. The van der Waals surface area contributed by atoms with E-state index in [4.69, 9.17) is 36.2 Å². The van der Waals surface area contributed by atoms with Crippen LogP contribution in [0.15, 0.2) is 43.7 Å². The molecule has 19 nitrogen and oxygen atoms in total. The number of nitriles is 1. The maximum Gasteiger partial charge on any atom is 0.406 e. The summed E-state index contributed by atoms with van der Waals surface area (Å²) in [6.45, 7) is 41.0. The van der Waals surface area contributed by atoms with Gasteiger partial charge in [0.15, 0.2) is 45.7 Å². The monoisotopic (exact) mass is 1060 g/mol. The molecule has 2 aromatic rings. The van der Waals surface area contributed by atoms with Crippen LogP contribution >= 0.6 is 7.75 Å². The number of aromatic nitrogens is 4.